The highest BCUT2D eigenvalue weighted by molar-refractivity contribution is 5.84. The topological polar surface area (TPSA) is 58.6 Å². The maximum atomic E-state index is 13.5. The molecule has 2 saturated heterocycles. The van der Waals surface area contributed by atoms with Gasteiger partial charge in [0.15, 0.2) is 0 Å². The predicted octanol–water partition coefficient (Wildman–Crippen LogP) is 4.68. The van der Waals surface area contributed by atoms with Gasteiger partial charge in [-0.1, -0.05) is 0 Å². The van der Waals surface area contributed by atoms with Crippen LogP contribution in [-0.4, -0.2) is 58.9 Å². The quantitative estimate of drug-likeness (QED) is 0.714. The molecule has 0 bridgehead atoms. The molecule has 0 saturated carbocycles. The van der Waals surface area contributed by atoms with Crippen LogP contribution in [0.3, 0.4) is 0 Å². The predicted molar refractivity (Wildman–Crippen MR) is 116 cm³/mol. The number of hydrogen-bond donors (Lipinski definition) is 0. The Morgan fingerprint density at radius 2 is 1.77 bits per heavy atom. The van der Waals surface area contributed by atoms with E-state index in [1.54, 1.807) is 11.2 Å². The van der Waals surface area contributed by atoms with Gasteiger partial charge in [0.1, 0.15) is 18.1 Å². The smallest absolute Gasteiger partial charge is 0.410 e. The van der Waals surface area contributed by atoms with E-state index in [2.05, 4.69) is 33.1 Å². The largest absolute Gasteiger partial charge is 0.444 e. The van der Waals surface area contributed by atoms with Crippen molar-refractivity contribution < 1.29 is 13.9 Å². The number of alkyl halides is 1. The summed E-state index contributed by atoms with van der Waals surface area (Å²) in [7, 11) is 0. The van der Waals surface area contributed by atoms with Crippen LogP contribution in [0.5, 0.6) is 0 Å². The van der Waals surface area contributed by atoms with Crippen molar-refractivity contribution in [2.24, 2.45) is 0 Å². The number of ether oxygens (including phenoxy) is 1. The maximum Gasteiger partial charge on any atom is 0.410 e. The van der Waals surface area contributed by atoms with Gasteiger partial charge >= 0.3 is 6.09 Å². The summed E-state index contributed by atoms with van der Waals surface area (Å²) in [6.45, 7) is 8.49. The van der Waals surface area contributed by atoms with Crippen LogP contribution < -0.4 is 4.90 Å². The average Bonchev–Trinajstić information content (AvgIpc) is 2.72. The second-order valence-electron chi connectivity index (χ2n) is 9.36. The van der Waals surface area contributed by atoms with E-state index in [1.165, 1.54) is 0 Å². The van der Waals surface area contributed by atoms with Crippen LogP contribution in [0.4, 0.5) is 14.9 Å². The molecule has 162 valence electrons. The van der Waals surface area contributed by atoms with E-state index >= 15 is 0 Å². The molecular formula is C23H31FN4O2. The van der Waals surface area contributed by atoms with E-state index in [4.69, 9.17) is 4.74 Å². The Labute approximate surface area is 177 Å². The fourth-order valence-electron chi connectivity index (χ4n) is 4.36. The van der Waals surface area contributed by atoms with Crippen LogP contribution in [0.1, 0.15) is 58.1 Å². The first-order valence-electron chi connectivity index (χ1n) is 10.9. The third-order valence-corrected chi connectivity index (χ3v) is 5.97. The number of fused-ring (bicyclic) bond motifs is 1. The SMILES string of the molecule is CC(C)(C)OC(=O)N1CCC(c2ncnc3cc(N4CCC(F)CC4)ccc23)CC1. The molecule has 6 nitrogen and oxygen atoms in total. The van der Waals surface area contributed by atoms with E-state index in [0.717, 1.165) is 48.2 Å². The van der Waals surface area contributed by atoms with Gasteiger partial charge in [0, 0.05) is 43.2 Å². The standard InChI is InChI=1S/C23H31FN4O2/c1-23(2,3)30-22(29)28-10-6-16(7-11-28)21-19-5-4-18(14-20(19)25-15-26-21)27-12-8-17(24)9-13-27/h4-5,14-17H,6-13H2,1-3H3. The number of piperidine rings is 2. The third kappa shape index (κ3) is 4.65. The highest BCUT2D eigenvalue weighted by Crippen LogP contribution is 2.33. The lowest BCUT2D eigenvalue weighted by atomic mass is 9.91. The fourth-order valence-corrected chi connectivity index (χ4v) is 4.36. The molecule has 0 atom stereocenters. The molecule has 4 rings (SSSR count). The molecular weight excluding hydrogens is 383 g/mol. The number of carbonyl (C=O) groups is 1. The summed E-state index contributed by atoms with van der Waals surface area (Å²) in [5, 5.41) is 1.07. The second-order valence-corrected chi connectivity index (χ2v) is 9.36. The van der Waals surface area contributed by atoms with Gasteiger partial charge in [-0.15, -0.1) is 0 Å². The van der Waals surface area contributed by atoms with Crippen LogP contribution in [-0.2, 0) is 4.74 Å². The monoisotopic (exact) mass is 414 g/mol. The minimum Gasteiger partial charge on any atom is -0.444 e. The number of rotatable bonds is 2. The fraction of sp³-hybridized carbons (Fsp3) is 0.609. The zero-order valence-electron chi connectivity index (χ0n) is 18.1. The molecule has 3 heterocycles. The van der Waals surface area contributed by atoms with Crippen molar-refractivity contribution in [3.8, 4) is 0 Å². The van der Waals surface area contributed by atoms with Crippen LogP contribution in [0.2, 0.25) is 0 Å². The number of likely N-dealkylation sites (tertiary alicyclic amines) is 1. The maximum absolute atomic E-state index is 13.5. The lowest BCUT2D eigenvalue weighted by Crippen LogP contribution is -2.41. The van der Waals surface area contributed by atoms with Crippen molar-refractivity contribution in [1.82, 2.24) is 14.9 Å². The zero-order chi connectivity index (χ0) is 21.3. The highest BCUT2D eigenvalue weighted by atomic mass is 19.1. The Morgan fingerprint density at radius 1 is 1.07 bits per heavy atom. The zero-order valence-corrected chi connectivity index (χ0v) is 18.1. The van der Waals surface area contributed by atoms with Crippen LogP contribution >= 0.6 is 0 Å². The van der Waals surface area contributed by atoms with E-state index in [-0.39, 0.29) is 6.09 Å². The van der Waals surface area contributed by atoms with Crippen molar-refractivity contribution in [3.63, 3.8) is 0 Å². The third-order valence-electron chi connectivity index (χ3n) is 5.97. The summed E-state index contributed by atoms with van der Waals surface area (Å²) in [5.41, 5.74) is 2.60. The summed E-state index contributed by atoms with van der Waals surface area (Å²) in [6.07, 6.45) is 3.60. The van der Waals surface area contributed by atoms with Crippen molar-refractivity contribution in [2.45, 2.75) is 64.1 Å². The Balaban J connectivity index is 1.47. The molecule has 7 heteroatoms. The second kappa shape index (κ2) is 8.36. The minimum absolute atomic E-state index is 0.241. The van der Waals surface area contributed by atoms with Crippen molar-refractivity contribution in [3.05, 3.63) is 30.2 Å². The Hall–Kier alpha value is -2.44. The van der Waals surface area contributed by atoms with E-state index in [1.807, 2.05) is 20.8 Å². The summed E-state index contributed by atoms with van der Waals surface area (Å²) < 4.78 is 19.0. The summed E-state index contributed by atoms with van der Waals surface area (Å²) in [5.74, 6) is 0.294. The molecule has 2 aliphatic rings. The normalized spacial score (nSPS) is 19.3. The molecule has 0 aliphatic carbocycles. The number of halogens is 1. The van der Waals surface area contributed by atoms with Gasteiger partial charge in [-0.3, -0.25) is 0 Å². The molecule has 0 radical (unpaired) electrons. The van der Waals surface area contributed by atoms with Crippen LogP contribution in [0, 0.1) is 0 Å². The summed E-state index contributed by atoms with van der Waals surface area (Å²) >= 11 is 0. The van der Waals surface area contributed by atoms with Gasteiger partial charge in [0.05, 0.1) is 11.2 Å². The van der Waals surface area contributed by atoms with Crippen LogP contribution in [0.25, 0.3) is 10.9 Å². The number of carbonyl (C=O) groups excluding carboxylic acids is 1. The van der Waals surface area contributed by atoms with Crippen molar-refractivity contribution in [1.29, 1.82) is 0 Å². The van der Waals surface area contributed by atoms with E-state index in [0.29, 0.717) is 31.8 Å². The highest BCUT2D eigenvalue weighted by Gasteiger charge is 2.29. The Kier molecular flexibility index (Phi) is 5.80. The molecule has 1 aromatic carbocycles. The minimum atomic E-state index is -0.679. The number of anilines is 1. The van der Waals surface area contributed by atoms with Crippen molar-refractivity contribution >= 4 is 22.7 Å². The summed E-state index contributed by atoms with van der Waals surface area (Å²) in [4.78, 5) is 25.4. The number of amides is 1. The average molecular weight is 415 g/mol. The molecule has 1 aromatic heterocycles. The van der Waals surface area contributed by atoms with Crippen molar-refractivity contribution in [2.75, 3.05) is 31.1 Å². The number of hydrogen-bond acceptors (Lipinski definition) is 5. The first kappa shape index (κ1) is 20.8. The van der Waals surface area contributed by atoms with Gasteiger partial charge in [-0.05, 0) is 64.7 Å². The van der Waals surface area contributed by atoms with Gasteiger partial charge < -0.3 is 14.5 Å². The van der Waals surface area contributed by atoms with Crippen LogP contribution in [0.15, 0.2) is 24.5 Å². The molecule has 0 N–H and O–H groups in total. The molecule has 0 spiro atoms. The Bertz CT molecular complexity index is 898. The van der Waals surface area contributed by atoms with Gasteiger partial charge in [0.25, 0.3) is 0 Å². The molecule has 0 unspecified atom stereocenters. The van der Waals surface area contributed by atoms with Gasteiger partial charge in [-0.2, -0.15) is 0 Å². The number of benzene rings is 1. The van der Waals surface area contributed by atoms with Gasteiger partial charge in [-0.25, -0.2) is 19.2 Å². The number of aromatic nitrogens is 2. The first-order valence-corrected chi connectivity index (χ1v) is 10.9. The lowest BCUT2D eigenvalue weighted by Gasteiger charge is -2.33. The Morgan fingerprint density at radius 3 is 2.43 bits per heavy atom. The van der Waals surface area contributed by atoms with E-state index < -0.39 is 11.8 Å². The summed E-state index contributed by atoms with van der Waals surface area (Å²) in [6, 6.07) is 6.29. The molecule has 2 fully saturated rings. The first-order chi connectivity index (χ1) is 14.3. The number of nitrogens with zero attached hydrogens (tertiary/aromatic N) is 4. The molecule has 2 aliphatic heterocycles. The molecule has 30 heavy (non-hydrogen) atoms. The van der Waals surface area contributed by atoms with E-state index in [9.17, 15) is 9.18 Å². The molecule has 2 aromatic rings. The molecule has 1 amide bonds. The van der Waals surface area contributed by atoms with Gasteiger partial charge in [0.2, 0.25) is 0 Å². The lowest BCUT2D eigenvalue weighted by molar-refractivity contribution is 0.0204.